The maximum atomic E-state index is 0. The van der Waals surface area contributed by atoms with Crippen molar-refractivity contribution in [3.05, 3.63) is 0 Å². The number of hydrogen-bond acceptors (Lipinski definition) is 0. The summed E-state index contributed by atoms with van der Waals surface area (Å²) >= 11 is 0. The Kier molecular flexibility index (Phi) is 12600. The van der Waals surface area contributed by atoms with E-state index in [1.165, 1.54) is 0 Å². The van der Waals surface area contributed by atoms with E-state index in [1.54, 1.807) is 0 Å². The first kappa shape index (κ1) is 382. The molecule has 0 aromatic heterocycles. The average molecular weight is 185 g/mol. The van der Waals surface area contributed by atoms with Gasteiger partial charge in [0.25, 0.3) is 0 Å². The second-order valence-corrected chi connectivity index (χ2v) is 0. The third-order valence-electron chi connectivity index (χ3n) is 0. The monoisotopic (exact) mass is 185 g/mol. The molecule has 0 rings (SSSR count). The van der Waals surface area contributed by atoms with Crippen molar-refractivity contribution in [2.24, 2.45) is 0 Å². The molecular formula is F6NaTi-3. The number of rotatable bonds is 0. The fourth-order valence-corrected chi connectivity index (χ4v) is 0. The molecule has 0 fully saturated rings. The molecule has 0 atom stereocenters. The van der Waals surface area contributed by atoms with Crippen LogP contribution in [0.1, 0.15) is 0 Å². The van der Waals surface area contributed by atoms with Crippen LogP contribution in [0, 0.1) is 0 Å². The third kappa shape index (κ3) is 173. The molecule has 0 radical (unpaired) electrons. The Morgan fingerprint density at radius 1 is 0.375 bits per heavy atom. The Bertz CT molecular complexity index is 8.49. The zero-order chi connectivity index (χ0) is 0. The van der Waals surface area contributed by atoms with Gasteiger partial charge < -0.3 is 28.2 Å². The SMILES string of the molecule is [F-].[F-].[F-].[F-].[F-].[F-].[Na+].[Ti+2]. The Labute approximate surface area is 79.2 Å². The minimum absolute atomic E-state index is 0. The van der Waals surface area contributed by atoms with Gasteiger partial charge in [0, 0.05) is 0 Å². The second-order valence-electron chi connectivity index (χ2n) is 0. The fraction of sp³-hybridized carbons (Fsp3) is 0. The summed E-state index contributed by atoms with van der Waals surface area (Å²) in [6.45, 7) is 0. The molecule has 0 heterocycles. The average Bonchev–Trinajstić information content (AvgIpc) is 0. The summed E-state index contributed by atoms with van der Waals surface area (Å²) in [4.78, 5) is 0. The van der Waals surface area contributed by atoms with Gasteiger partial charge in [-0.25, -0.2) is 0 Å². The van der Waals surface area contributed by atoms with Crippen LogP contribution in [0.2, 0.25) is 0 Å². The Morgan fingerprint density at radius 2 is 0.375 bits per heavy atom. The van der Waals surface area contributed by atoms with Crippen LogP contribution in [-0.4, -0.2) is 0 Å². The van der Waals surface area contributed by atoms with Crippen molar-refractivity contribution in [3.8, 4) is 0 Å². The summed E-state index contributed by atoms with van der Waals surface area (Å²) in [5.74, 6) is 0. The minimum Gasteiger partial charge on any atom is -1.00 e. The molecule has 8 heavy (non-hydrogen) atoms. The van der Waals surface area contributed by atoms with E-state index in [-0.39, 0.29) is 79.5 Å². The first-order valence-corrected chi connectivity index (χ1v) is 0. The number of hydrogen-bond donors (Lipinski definition) is 0. The standard InChI is InChI=1S/6FH.Na.Ti/h6*1H;;/q;;;;;;+1;+2/p-6. The van der Waals surface area contributed by atoms with Crippen molar-refractivity contribution in [2.75, 3.05) is 0 Å². The molecule has 0 N–H and O–H groups in total. The van der Waals surface area contributed by atoms with E-state index >= 15 is 0 Å². The summed E-state index contributed by atoms with van der Waals surface area (Å²) < 4.78 is 0. The van der Waals surface area contributed by atoms with Gasteiger partial charge in [0.05, 0.1) is 0 Å². The van der Waals surface area contributed by atoms with Gasteiger partial charge >= 0.3 is 51.3 Å². The molecule has 0 saturated carbocycles. The summed E-state index contributed by atoms with van der Waals surface area (Å²) in [5.41, 5.74) is 0. The quantitative estimate of drug-likeness (QED) is 0.259. The smallest absolute Gasteiger partial charge is 1.00 e. The Balaban J connectivity index is 0. The normalized spacial score (nSPS) is 0. The maximum Gasteiger partial charge on any atom is 2.00 e. The van der Waals surface area contributed by atoms with Crippen LogP contribution in [-0.2, 0) is 21.7 Å². The molecule has 0 aliphatic rings. The zero-order valence-electron chi connectivity index (χ0n) is 3.77. The van der Waals surface area contributed by atoms with E-state index in [9.17, 15) is 0 Å². The molecule has 0 saturated heterocycles. The summed E-state index contributed by atoms with van der Waals surface area (Å²) in [5, 5.41) is 0. The van der Waals surface area contributed by atoms with Crippen molar-refractivity contribution in [3.63, 3.8) is 0 Å². The Hall–Kier alpha value is 1.29. The van der Waals surface area contributed by atoms with Crippen LogP contribution >= 0.6 is 0 Å². The summed E-state index contributed by atoms with van der Waals surface area (Å²) in [6.07, 6.45) is 0. The van der Waals surface area contributed by atoms with Gasteiger partial charge in [-0.3, -0.25) is 0 Å². The van der Waals surface area contributed by atoms with E-state index in [1.807, 2.05) is 0 Å². The summed E-state index contributed by atoms with van der Waals surface area (Å²) in [6, 6.07) is 0. The second kappa shape index (κ2) is 263. The van der Waals surface area contributed by atoms with Gasteiger partial charge in [-0.2, -0.15) is 0 Å². The molecule has 8 heteroatoms. The van der Waals surface area contributed by atoms with Crippen LogP contribution in [0.15, 0.2) is 0 Å². The van der Waals surface area contributed by atoms with Gasteiger partial charge in [-0.05, 0) is 0 Å². The van der Waals surface area contributed by atoms with Crippen molar-refractivity contribution < 1.29 is 79.5 Å². The molecule has 0 aliphatic heterocycles. The number of halogens is 6. The predicted octanol–water partition coefficient (Wildman–Crippen LogP) is -21.0. The molecule has 0 aliphatic carbocycles. The van der Waals surface area contributed by atoms with E-state index < -0.39 is 0 Å². The molecule has 0 aromatic carbocycles. The van der Waals surface area contributed by atoms with Crippen LogP contribution < -0.4 is 57.8 Å². The van der Waals surface area contributed by atoms with Gasteiger partial charge in [-0.15, -0.1) is 0 Å². The maximum absolute atomic E-state index is 0. The first-order valence-electron chi connectivity index (χ1n) is 0. The van der Waals surface area contributed by atoms with Crippen molar-refractivity contribution in [1.29, 1.82) is 0 Å². The van der Waals surface area contributed by atoms with E-state index in [4.69, 9.17) is 0 Å². The molecule has 50 valence electrons. The van der Waals surface area contributed by atoms with E-state index in [0.29, 0.717) is 0 Å². The minimum atomic E-state index is 0. The zero-order valence-corrected chi connectivity index (χ0v) is 7.33. The third-order valence-corrected chi connectivity index (χ3v) is 0. The van der Waals surface area contributed by atoms with E-state index in [2.05, 4.69) is 0 Å². The largest absolute Gasteiger partial charge is 2.00 e. The first-order chi connectivity index (χ1) is 0. The van der Waals surface area contributed by atoms with Gasteiger partial charge in [0.1, 0.15) is 0 Å². The molecule has 0 bridgehead atoms. The molecule has 0 spiro atoms. The molecule has 0 nitrogen and oxygen atoms in total. The van der Waals surface area contributed by atoms with Crippen molar-refractivity contribution >= 4 is 0 Å². The van der Waals surface area contributed by atoms with Gasteiger partial charge in [-0.1, -0.05) is 0 Å². The topological polar surface area (TPSA) is 0 Å². The molecule has 0 aromatic rings. The van der Waals surface area contributed by atoms with Crippen LogP contribution in [0.25, 0.3) is 0 Å². The van der Waals surface area contributed by atoms with Crippen molar-refractivity contribution in [1.82, 2.24) is 0 Å². The molecule has 0 unspecified atom stereocenters. The molecular weight excluding hydrogens is 185 g/mol. The van der Waals surface area contributed by atoms with Crippen LogP contribution in [0.5, 0.6) is 0 Å². The van der Waals surface area contributed by atoms with Crippen LogP contribution in [0.3, 0.4) is 0 Å². The van der Waals surface area contributed by atoms with E-state index in [0.717, 1.165) is 0 Å². The van der Waals surface area contributed by atoms with Crippen molar-refractivity contribution in [2.45, 2.75) is 0 Å². The van der Waals surface area contributed by atoms with Crippen LogP contribution in [0.4, 0.5) is 0 Å². The summed E-state index contributed by atoms with van der Waals surface area (Å²) in [7, 11) is 0. The fourth-order valence-electron chi connectivity index (χ4n) is 0. The Morgan fingerprint density at radius 3 is 0.375 bits per heavy atom. The molecule has 0 amide bonds. The van der Waals surface area contributed by atoms with Gasteiger partial charge in [0.2, 0.25) is 0 Å². The van der Waals surface area contributed by atoms with Gasteiger partial charge in [0.15, 0.2) is 0 Å². The predicted molar refractivity (Wildman–Crippen MR) is 0 cm³/mol.